The summed E-state index contributed by atoms with van der Waals surface area (Å²) >= 11 is 1.85. The third-order valence-electron chi connectivity index (χ3n) is 9.94. The molecule has 0 aliphatic rings. The zero-order valence-corrected chi connectivity index (χ0v) is 30.5. The molecule has 0 saturated heterocycles. The smallest absolute Gasteiger partial charge is 0.164 e. The first kappa shape index (κ1) is 32.6. The van der Waals surface area contributed by atoms with Crippen LogP contribution in [0, 0.1) is 0 Å². The summed E-state index contributed by atoms with van der Waals surface area (Å²) in [6, 6.07) is 67.4. The fourth-order valence-electron chi connectivity index (χ4n) is 7.25. The first-order valence-electron chi connectivity index (χ1n) is 18.3. The highest BCUT2D eigenvalue weighted by molar-refractivity contribution is 7.21. The predicted octanol–water partition coefficient (Wildman–Crippen LogP) is 13.3. The molecule has 3 heterocycles. The van der Waals surface area contributed by atoms with Crippen LogP contribution in [0.2, 0.25) is 0 Å². The minimum absolute atomic E-state index is 0.634. The highest BCUT2D eigenvalue weighted by Crippen LogP contribution is 2.50. The van der Waals surface area contributed by atoms with E-state index in [1.165, 1.54) is 31.7 Å². The number of aromatic nitrogens is 4. The van der Waals surface area contributed by atoms with Gasteiger partial charge in [-0.15, -0.1) is 11.3 Å². The van der Waals surface area contributed by atoms with Gasteiger partial charge in [-0.1, -0.05) is 188 Å². The van der Waals surface area contributed by atoms with Crippen LogP contribution in [0.25, 0.3) is 99.1 Å². The monoisotopic (exact) mass is 720 g/mol. The highest BCUT2D eigenvalue weighted by atomic mass is 32.1. The summed E-state index contributed by atoms with van der Waals surface area (Å²) in [7, 11) is 0. The second kappa shape index (κ2) is 14.0. The third kappa shape index (κ3) is 6.17. The van der Waals surface area contributed by atoms with Crippen molar-refractivity contribution in [1.29, 1.82) is 0 Å². The average Bonchev–Trinajstić information content (AvgIpc) is 3.68. The molecule has 258 valence electrons. The lowest BCUT2D eigenvalue weighted by Crippen LogP contribution is -2.00. The lowest BCUT2D eigenvalue weighted by atomic mass is 9.95. The van der Waals surface area contributed by atoms with Crippen LogP contribution in [0.3, 0.4) is 0 Å². The van der Waals surface area contributed by atoms with Crippen LogP contribution in [0.4, 0.5) is 0 Å². The molecule has 0 aliphatic heterocycles. The molecule has 4 nitrogen and oxygen atoms in total. The molecule has 0 N–H and O–H groups in total. The maximum atomic E-state index is 5.47. The number of hydrogen-bond acceptors (Lipinski definition) is 5. The van der Waals surface area contributed by atoms with Crippen LogP contribution < -0.4 is 0 Å². The maximum absolute atomic E-state index is 5.47. The van der Waals surface area contributed by atoms with Gasteiger partial charge in [-0.05, 0) is 28.3 Å². The van der Waals surface area contributed by atoms with E-state index in [-0.39, 0.29) is 0 Å². The molecule has 0 saturated carbocycles. The number of benzene rings is 7. The van der Waals surface area contributed by atoms with Crippen LogP contribution >= 0.6 is 11.3 Å². The number of pyridine rings is 1. The summed E-state index contributed by atoms with van der Waals surface area (Å²) in [5.74, 6) is 1.93. The van der Waals surface area contributed by atoms with Crippen molar-refractivity contribution in [1.82, 2.24) is 19.9 Å². The van der Waals surface area contributed by atoms with Gasteiger partial charge in [0.2, 0.25) is 0 Å². The minimum atomic E-state index is 0.634. The van der Waals surface area contributed by atoms with Gasteiger partial charge in [0.15, 0.2) is 17.5 Å². The molecule has 0 fully saturated rings. The minimum Gasteiger partial charge on any atom is -0.247 e. The number of hydrogen-bond donors (Lipinski definition) is 0. The average molecular weight is 721 g/mol. The van der Waals surface area contributed by atoms with Gasteiger partial charge in [0, 0.05) is 48.2 Å². The van der Waals surface area contributed by atoms with E-state index in [4.69, 9.17) is 19.9 Å². The predicted molar refractivity (Wildman–Crippen MR) is 229 cm³/mol. The zero-order valence-electron chi connectivity index (χ0n) is 29.7. The molecule has 0 amide bonds. The topological polar surface area (TPSA) is 51.6 Å². The van der Waals surface area contributed by atoms with Crippen LogP contribution in [0.1, 0.15) is 0 Å². The van der Waals surface area contributed by atoms with E-state index in [1.54, 1.807) is 0 Å². The van der Waals surface area contributed by atoms with E-state index in [0.29, 0.717) is 17.5 Å². The van der Waals surface area contributed by atoms with Crippen molar-refractivity contribution in [2.75, 3.05) is 0 Å². The maximum Gasteiger partial charge on any atom is 0.164 e. The normalized spacial score (nSPS) is 11.3. The van der Waals surface area contributed by atoms with E-state index < -0.39 is 0 Å². The number of nitrogens with zero attached hydrogens (tertiary/aromatic N) is 4. The van der Waals surface area contributed by atoms with Crippen molar-refractivity contribution in [3.8, 4) is 77.4 Å². The fourth-order valence-corrected chi connectivity index (χ4v) is 8.57. The van der Waals surface area contributed by atoms with Crippen LogP contribution in [0.15, 0.2) is 194 Å². The molecule has 0 spiro atoms. The molecule has 0 aliphatic carbocycles. The van der Waals surface area contributed by atoms with Crippen molar-refractivity contribution < 1.29 is 0 Å². The molecule has 0 radical (unpaired) electrons. The van der Waals surface area contributed by atoms with Gasteiger partial charge in [0.1, 0.15) is 0 Å². The molecule has 10 rings (SSSR count). The second-order valence-electron chi connectivity index (χ2n) is 13.4. The summed E-state index contributed by atoms with van der Waals surface area (Å²) < 4.78 is 0. The van der Waals surface area contributed by atoms with Gasteiger partial charge in [-0.3, -0.25) is 0 Å². The van der Waals surface area contributed by atoms with Gasteiger partial charge in [0.25, 0.3) is 0 Å². The first-order valence-corrected chi connectivity index (χ1v) is 19.1. The van der Waals surface area contributed by atoms with Gasteiger partial charge >= 0.3 is 0 Å². The van der Waals surface area contributed by atoms with E-state index >= 15 is 0 Å². The lowest BCUT2D eigenvalue weighted by Gasteiger charge is -2.12. The Morgan fingerprint density at radius 2 is 0.673 bits per heavy atom. The number of rotatable bonds is 7. The summed E-state index contributed by atoms with van der Waals surface area (Å²) in [5, 5.41) is 3.56. The Kier molecular flexibility index (Phi) is 8.32. The molecule has 55 heavy (non-hydrogen) atoms. The lowest BCUT2D eigenvalue weighted by molar-refractivity contribution is 1.07. The van der Waals surface area contributed by atoms with E-state index in [9.17, 15) is 0 Å². The van der Waals surface area contributed by atoms with Crippen LogP contribution in [-0.2, 0) is 0 Å². The molecule has 0 bridgehead atoms. The standard InChI is InChI=1S/C50H32N4S/c1-6-16-34(17-7-1)45-44-43(46(35-18-8-2-9-19-35)55-47(44)36-20-10-3-11-21-36)41-31-30-40(32-42(41)51-45)33-26-28-39(29-27-33)50-53-48(37-22-12-4-13-23-37)52-49(54-50)38-24-14-5-15-25-38/h1-32H. The molecule has 10 aromatic rings. The Hall–Kier alpha value is -7.08. The summed E-state index contributed by atoms with van der Waals surface area (Å²) in [6.07, 6.45) is 0. The largest absolute Gasteiger partial charge is 0.247 e. The summed E-state index contributed by atoms with van der Waals surface area (Å²) in [4.78, 5) is 22.7. The quantitative estimate of drug-likeness (QED) is 0.164. The van der Waals surface area contributed by atoms with Crippen LogP contribution in [0.5, 0.6) is 0 Å². The SMILES string of the molecule is c1ccc(-c2nc(-c3ccccc3)nc(-c3ccc(-c4ccc5c(c4)nc(-c4ccccc4)c4c(-c6ccccc6)sc(-c6ccccc6)c45)cc3)n2)cc1. The van der Waals surface area contributed by atoms with Gasteiger partial charge in [0.05, 0.1) is 11.2 Å². The van der Waals surface area contributed by atoms with Gasteiger partial charge in [-0.25, -0.2) is 19.9 Å². The number of fused-ring (bicyclic) bond motifs is 3. The second-order valence-corrected chi connectivity index (χ2v) is 14.4. The van der Waals surface area contributed by atoms with Crippen molar-refractivity contribution >= 4 is 33.0 Å². The van der Waals surface area contributed by atoms with Crippen molar-refractivity contribution in [3.05, 3.63) is 194 Å². The molecular formula is C50H32N4S. The Bertz CT molecular complexity index is 2870. The van der Waals surface area contributed by atoms with E-state index in [1.807, 2.05) is 72.0 Å². The molecule has 0 unspecified atom stereocenters. The van der Waals surface area contributed by atoms with Crippen molar-refractivity contribution in [2.45, 2.75) is 0 Å². The Labute approximate surface area is 323 Å². The van der Waals surface area contributed by atoms with Crippen molar-refractivity contribution in [2.24, 2.45) is 0 Å². The molecule has 0 atom stereocenters. The summed E-state index contributed by atoms with van der Waals surface area (Å²) in [5.41, 5.74) is 10.4. The van der Waals surface area contributed by atoms with E-state index in [2.05, 4.69) is 133 Å². The first-order chi connectivity index (χ1) is 27.3. The molecule has 5 heteroatoms. The van der Waals surface area contributed by atoms with E-state index in [0.717, 1.165) is 50.0 Å². The Morgan fingerprint density at radius 3 is 1.16 bits per heavy atom. The Balaban J connectivity index is 1.12. The fraction of sp³-hybridized carbons (Fsp3) is 0. The van der Waals surface area contributed by atoms with Crippen LogP contribution in [-0.4, -0.2) is 19.9 Å². The summed E-state index contributed by atoms with van der Waals surface area (Å²) in [6.45, 7) is 0. The Morgan fingerprint density at radius 1 is 0.291 bits per heavy atom. The van der Waals surface area contributed by atoms with Crippen molar-refractivity contribution in [3.63, 3.8) is 0 Å². The number of thiophene rings is 1. The molecule has 3 aromatic heterocycles. The van der Waals surface area contributed by atoms with Gasteiger partial charge in [-0.2, -0.15) is 0 Å². The molecular weight excluding hydrogens is 689 g/mol. The zero-order chi connectivity index (χ0) is 36.6. The highest BCUT2D eigenvalue weighted by Gasteiger charge is 2.22. The third-order valence-corrected chi connectivity index (χ3v) is 11.2. The van der Waals surface area contributed by atoms with Gasteiger partial charge < -0.3 is 0 Å². The molecule has 7 aromatic carbocycles.